The lowest BCUT2D eigenvalue weighted by molar-refractivity contribution is -0.169. The van der Waals surface area contributed by atoms with Gasteiger partial charge in [0.15, 0.2) is 6.04 Å². The van der Waals surface area contributed by atoms with E-state index in [0.717, 1.165) is 36.1 Å². The number of anilines is 1. The van der Waals surface area contributed by atoms with E-state index in [1.54, 1.807) is 26.0 Å². The van der Waals surface area contributed by atoms with E-state index in [0.29, 0.717) is 12.2 Å². The lowest BCUT2D eigenvalue weighted by Crippen LogP contribution is -2.69. The number of benzene rings is 1. The zero-order valence-corrected chi connectivity index (χ0v) is 22.1. The number of likely N-dealkylation sites (tertiary alicyclic amines) is 1. The molecule has 1 fully saturated rings. The van der Waals surface area contributed by atoms with Crippen molar-refractivity contribution in [2.45, 2.75) is 65.0 Å². The lowest BCUT2D eigenvalue weighted by Gasteiger charge is -2.44. The number of esters is 1. The molecule has 10 heteroatoms. The molecule has 2 N–H and O–H groups in total. The molecule has 0 spiro atoms. The van der Waals surface area contributed by atoms with Crippen molar-refractivity contribution in [1.29, 1.82) is 0 Å². The first-order chi connectivity index (χ1) is 18.3. The fourth-order valence-corrected chi connectivity index (χ4v) is 4.31. The number of ether oxygens (including phenoxy) is 2. The minimum Gasteiger partial charge on any atom is -0.464 e. The molecule has 3 rings (SSSR count). The molecule has 4 amide bonds. The fraction of sp³-hybridized carbons (Fsp3) is 0.464. The van der Waals surface area contributed by atoms with Crippen LogP contribution in [0.3, 0.4) is 0 Å². The van der Waals surface area contributed by atoms with Crippen LogP contribution in [0.1, 0.15) is 63.6 Å². The van der Waals surface area contributed by atoms with Crippen LogP contribution < -0.4 is 10.6 Å². The second-order valence-electron chi connectivity index (χ2n) is 9.17. The van der Waals surface area contributed by atoms with E-state index in [4.69, 9.17) is 9.47 Å². The number of urea groups is 1. The number of hydrogen-bond donors (Lipinski definition) is 2. The van der Waals surface area contributed by atoms with Crippen LogP contribution in [0.15, 0.2) is 48.7 Å². The van der Waals surface area contributed by atoms with E-state index < -0.39 is 36.0 Å². The Hall–Kier alpha value is -3.95. The molecule has 1 aliphatic heterocycles. The van der Waals surface area contributed by atoms with Crippen molar-refractivity contribution in [3.05, 3.63) is 59.8 Å². The van der Waals surface area contributed by atoms with Gasteiger partial charge in [-0.3, -0.25) is 10.1 Å². The third-order valence-electron chi connectivity index (χ3n) is 6.34. The zero-order valence-electron chi connectivity index (χ0n) is 22.1. The van der Waals surface area contributed by atoms with Crippen molar-refractivity contribution >= 4 is 29.8 Å². The quantitative estimate of drug-likeness (QED) is 0.236. The molecule has 3 atom stereocenters. The Kier molecular flexibility index (Phi) is 10.6. The number of nitrogens with zero attached hydrogens (tertiary/aromatic N) is 2. The highest BCUT2D eigenvalue weighted by Crippen LogP contribution is 2.32. The van der Waals surface area contributed by atoms with Gasteiger partial charge in [-0.05, 0) is 49.9 Å². The summed E-state index contributed by atoms with van der Waals surface area (Å²) >= 11 is 0. The standard InChI is InChI=1S/C28H36N4O6/c1-4-6-7-11-16-38-28(36)31-23-18-20(14-15-29-23)17-22-24(26(34)37-5-2)32(25(22)33)27(35)30-19(3)21-12-9-8-10-13-21/h8-10,12-15,18-19,22,24H,4-7,11,16-17H2,1-3H3,(H,30,35)(H,29,31,36)/t19?,22-,24+/m1/s1. The summed E-state index contributed by atoms with van der Waals surface area (Å²) in [5.74, 6) is -1.63. The third kappa shape index (κ3) is 7.53. The van der Waals surface area contributed by atoms with Crippen molar-refractivity contribution in [3.8, 4) is 0 Å². The topological polar surface area (TPSA) is 127 Å². The largest absolute Gasteiger partial charge is 0.464 e. The summed E-state index contributed by atoms with van der Waals surface area (Å²) in [4.78, 5) is 55.9. The molecular formula is C28H36N4O6. The Morgan fingerprint density at radius 2 is 1.82 bits per heavy atom. The van der Waals surface area contributed by atoms with Gasteiger partial charge in [0.25, 0.3) is 0 Å². The average molecular weight is 525 g/mol. The van der Waals surface area contributed by atoms with E-state index in [2.05, 4.69) is 22.5 Å². The molecule has 1 aromatic heterocycles. The number of rotatable bonds is 12. The molecule has 1 aromatic carbocycles. The number of carbonyl (C=O) groups is 4. The number of nitrogens with one attached hydrogen (secondary N) is 2. The van der Waals surface area contributed by atoms with Crippen LogP contribution in [0.25, 0.3) is 0 Å². The molecule has 204 valence electrons. The van der Waals surface area contributed by atoms with Crippen LogP contribution in [-0.4, -0.2) is 53.1 Å². The highest BCUT2D eigenvalue weighted by molar-refractivity contribution is 6.08. The van der Waals surface area contributed by atoms with Crippen LogP contribution in [0.2, 0.25) is 0 Å². The van der Waals surface area contributed by atoms with E-state index in [1.165, 1.54) is 6.20 Å². The van der Waals surface area contributed by atoms with Gasteiger partial charge in [-0.15, -0.1) is 0 Å². The maximum atomic E-state index is 13.1. The number of aromatic nitrogens is 1. The minimum absolute atomic E-state index is 0.121. The second-order valence-corrected chi connectivity index (χ2v) is 9.17. The Balaban J connectivity index is 1.63. The zero-order chi connectivity index (χ0) is 27.5. The van der Waals surface area contributed by atoms with Gasteiger partial charge in [-0.25, -0.2) is 24.3 Å². The van der Waals surface area contributed by atoms with Crippen molar-refractivity contribution in [1.82, 2.24) is 15.2 Å². The minimum atomic E-state index is -1.05. The van der Waals surface area contributed by atoms with Crippen LogP contribution in [0, 0.1) is 5.92 Å². The van der Waals surface area contributed by atoms with Gasteiger partial charge in [0.2, 0.25) is 5.91 Å². The van der Waals surface area contributed by atoms with E-state index in [9.17, 15) is 19.2 Å². The normalized spacial score (nSPS) is 17.2. The maximum absolute atomic E-state index is 13.1. The molecule has 0 bridgehead atoms. The number of amides is 4. The summed E-state index contributed by atoms with van der Waals surface area (Å²) in [6, 6.07) is 10.6. The first kappa shape index (κ1) is 28.6. The van der Waals surface area contributed by atoms with Crippen LogP contribution in [-0.2, 0) is 25.5 Å². The van der Waals surface area contributed by atoms with Gasteiger partial charge in [0.05, 0.1) is 25.2 Å². The number of β-lactam (4-membered cyclic amide) rings is 1. The lowest BCUT2D eigenvalue weighted by atomic mass is 9.82. The predicted molar refractivity (Wildman–Crippen MR) is 141 cm³/mol. The average Bonchev–Trinajstić information content (AvgIpc) is 2.90. The smallest absolute Gasteiger partial charge is 0.412 e. The van der Waals surface area contributed by atoms with Gasteiger partial charge in [-0.1, -0.05) is 56.5 Å². The van der Waals surface area contributed by atoms with Crippen molar-refractivity contribution in [2.24, 2.45) is 5.92 Å². The van der Waals surface area contributed by atoms with Gasteiger partial charge in [0.1, 0.15) is 5.82 Å². The van der Waals surface area contributed by atoms with Crippen LogP contribution in [0.4, 0.5) is 15.4 Å². The van der Waals surface area contributed by atoms with E-state index in [1.807, 2.05) is 30.3 Å². The summed E-state index contributed by atoms with van der Waals surface area (Å²) in [5, 5.41) is 5.37. The first-order valence-corrected chi connectivity index (χ1v) is 13.1. The number of pyridine rings is 1. The Bertz CT molecular complexity index is 1110. The summed E-state index contributed by atoms with van der Waals surface area (Å²) < 4.78 is 10.4. The molecule has 1 unspecified atom stereocenters. The molecule has 2 heterocycles. The van der Waals surface area contributed by atoms with E-state index in [-0.39, 0.29) is 24.9 Å². The summed E-state index contributed by atoms with van der Waals surface area (Å²) in [5.41, 5.74) is 1.54. The molecule has 0 saturated carbocycles. The van der Waals surface area contributed by atoms with Crippen LogP contribution in [0.5, 0.6) is 0 Å². The van der Waals surface area contributed by atoms with Crippen molar-refractivity contribution in [2.75, 3.05) is 18.5 Å². The van der Waals surface area contributed by atoms with Crippen LogP contribution >= 0.6 is 0 Å². The highest BCUT2D eigenvalue weighted by atomic mass is 16.5. The molecule has 2 aromatic rings. The Morgan fingerprint density at radius 1 is 1.05 bits per heavy atom. The molecule has 10 nitrogen and oxygen atoms in total. The Labute approximate surface area is 223 Å². The Morgan fingerprint density at radius 3 is 2.53 bits per heavy atom. The van der Waals surface area contributed by atoms with Gasteiger partial charge >= 0.3 is 18.1 Å². The fourth-order valence-electron chi connectivity index (χ4n) is 4.31. The third-order valence-corrected chi connectivity index (χ3v) is 6.34. The number of carbonyl (C=O) groups excluding carboxylic acids is 4. The molecule has 0 radical (unpaired) electrons. The molecular weight excluding hydrogens is 488 g/mol. The molecule has 1 saturated heterocycles. The van der Waals surface area contributed by atoms with Gasteiger partial charge < -0.3 is 14.8 Å². The second kappa shape index (κ2) is 14.1. The van der Waals surface area contributed by atoms with Gasteiger partial charge in [-0.2, -0.15) is 0 Å². The molecule has 38 heavy (non-hydrogen) atoms. The van der Waals surface area contributed by atoms with Crippen molar-refractivity contribution < 1.29 is 28.7 Å². The monoisotopic (exact) mass is 524 g/mol. The maximum Gasteiger partial charge on any atom is 0.412 e. The predicted octanol–water partition coefficient (Wildman–Crippen LogP) is 4.61. The van der Waals surface area contributed by atoms with Crippen molar-refractivity contribution in [3.63, 3.8) is 0 Å². The SMILES string of the molecule is CCCCCCOC(=O)Nc1cc(C[C@H]2C(=O)N(C(=O)NC(C)c3ccccc3)[C@@H]2C(=O)OCC)ccn1. The summed E-state index contributed by atoms with van der Waals surface area (Å²) in [7, 11) is 0. The molecule has 0 aliphatic carbocycles. The highest BCUT2D eigenvalue weighted by Gasteiger charge is 2.55. The molecule has 1 aliphatic rings. The summed E-state index contributed by atoms with van der Waals surface area (Å²) in [6.45, 7) is 6.02. The number of hydrogen-bond acceptors (Lipinski definition) is 7. The summed E-state index contributed by atoms with van der Waals surface area (Å²) in [6.07, 6.45) is 5.04. The van der Waals surface area contributed by atoms with Gasteiger partial charge in [0, 0.05) is 6.20 Å². The number of imide groups is 1. The first-order valence-electron chi connectivity index (χ1n) is 13.1. The van der Waals surface area contributed by atoms with E-state index >= 15 is 0 Å². The number of unbranched alkanes of at least 4 members (excludes halogenated alkanes) is 3.